The Morgan fingerprint density at radius 3 is 2.14 bits per heavy atom. The minimum Gasteiger partial charge on any atom is -0.295 e. The predicted molar refractivity (Wildman–Crippen MR) is 82.9 cm³/mol. The molecule has 0 bridgehead atoms. The molecule has 0 saturated heterocycles. The summed E-state index contributed by atoms with van der Waals surface area (Å²) in [4.78, 5) is 24.5. The Hall–Kier alpha value is -2.48. The van der Waals surface area contributed by atoms with E-state index < -0.39 is 0 Å². The minimum absolute atomic E-state index is 0.0365. The van der Waals surface area contributed by atoms with E-state index in [0.717, 1.165) is 11.1 Å². The fourth-order valence-electron chi connectivity index (χ4n) is 2.77. The second kappa shape index (κ2) is 5.88. The minimum atomic E-state index is -0.250. The average molecular weight is 276 g/mol. The molecule has 1 atom stereocenters. The Morgan fingerprint density at radius 1 is 0.857 bits per heavy atom. The topological polar surface area (TPSA) is 34.1 Å². The number of hydrogen-bond acceptors (Lipinski definition) is 2. The fraction of sp³-hybridized carbons (Fsp3) is 0.158. The first-order chi connectivity index (χ1) is 10.2. The molecule has 104 valence electrons. The summed E-state index contributed by atoms with van der Waals surface area (Å²) in [5.41, 5.74) is 2.67. The molecule has 0 radical (unpaired) electrons. The first-order valence-corrected chi connectivity index (χ1v) is 7.12. The normalized spacial score (nSPS) is 18.2. The molecule has 0 amide bonds. The number of allylic oxidation sites excluding steroid dienone is 2. The number of Topliss-reactive ketones (excluding diaryl/α,β-unsaturated/α-hetero) is 1. The smallest absolute Gasteiger partial charge is 0.166 e. The lowest BCUT2D eigenvalue weighted by molar-refractivity contribution is -0.115. The molecule has 3 rings (SSSR count). The zero-order chi connectivity index (χ0) is 14.7. The number of carbonyl (C=O) groups is 2. The van der Waals surface area contributed by atoms with E-state index in [1.165, 1.54) is 0 Å². The lowest BCUT2D eigenvalue weighted by Crippen LogP contribution is -2.22. The summed E-state index contributed by atoms with van der Waals surface area (Å²) in [7, 11) is 0. The molecular weight excluding hydrogens is 260 g/mol. The fourth-order valence-corrected chi connectivity index (χ4v) is 2.77. The van der Waals surface area contributed by atoms with Crippen LogP contribution in [0.15, 0.2) is 66.7 Å². The average Bonchev–Trinajstić information content (AvgIpc) is 2.55. The molecule has 2 nitrogen and oxygen atoms in total. The van der Waals surface area contributed by atoms with Crippen molar-refractivity contribution >= 4 is 17.1 Å². The van der Waals surface area contributed by atoms with Crippen LogP contribution in [0.3, 0.4) is 0 Å². The van der Waals surface area contributed by atoms with Crippen molar-refractivity contribution in [2.75, 3.05) is 0 Å². The lowest BCUT2D eigenvalue weighted by Gasteiger charge is -2.21. The molecule has 0 aliphatic heterocycles. The first kappa shape index (κ1) is 13.5. The van der Waals surface area contributed by atoms with Crippen LogP contribution >= 0.6 is 0 Å². The highest BCUT2D eigenvalue weighted by Crippen LogP contribution is 2.31. The van der Waals surface area contributed by atoms with Crippen molar-refractivity contribution in [3.05, 3.63) is 77.9 Å². The molecule has 1 aliphatic carbocycles. The molecule has 2 heteroatoms. The number of benzene rings is 2. The largest absolute Gasteiger partial charge is 0.295 e. The van der Waals surface area contributed by atoms with E-state index in [0.29, 0.717) is 18.4 Å². The first-order valence-electron chi connectivity index (χ1n) is 7.12. The van der Waals surface area contributed by atoms with Crippen LogP contribution < -0.4 is 0 Å². The SMILES string of the molecule is O=C1C=C(c2ccccc2)C[C@@H](C(=O)c2ccccc2)C1. The quantitative estimate of drug-likeness (QED) is 0.796. The summed E-state index contributed by atoms with van der Waals surface area (Å²) in [5.74, 6) is -0.153. The van der Waals surface area contributed by atoms with Crippen molar-refractivity contribution in [3.8, 4) is 0 Å². The van der Waals surface area contributed by atoms with Gasteiger partial charge < -0.3 is 0 Å². The van der Waals surface area contributed by atoms with Gasteiger partial charge in [-0.1, -0.05) is 60.7 Å². The maximum Gasteiger partial charge on any atom is 0.166 e. The maximum absolute atomic E-state index is 12.5. The Labute approximate surface area is 124 Å². The van der Waals surface area contributed by atoms with Gasteiger partial charge in [0.2, 0.25) is 0 Å². The molecule has 0 spiro atoms. The zero-order valence-electron chi connectivity index (χ0n) is 11.7. The summed E-state index contributed by atoms with van der Waals surface area (Å²) in [5, 5.41) is 0. The predicted octanol–water partition coefficient (Wildman–Crippen LogP) is 3.93. The van der Waals surface area contributed by atoms with Crippen LogP contribution in [-0.4, -0.2) is 11.6 Å². The summed E-state index contributed by atoms with van der Waals surface area (Å²) in [6.45, 7) is 0. The molecule has 0 aromatic heterocycles. The van der Waals surface area contributed by atoms with Crippen molar-refractivity contribution < 1.29 is 9.59 Å². The highest BCUT2D eigenvalue weighted by Gasteiger charge is 2.27. The van der Waals surface area contributed by atoms with Gasteiger partial charge in [-0.05, 0) is 23.6 Å². The summed E-state index contributed by atoms with van der Waals surface area (Å²) >= 11 is 0. The van der Waals surface area contributed by atoms with Gasteiger partial charge in [-0.25, -0.2) is 0 Å². The van der Waals surface area contributed by atoms with E-state index in [-0.39, 0.29) is 17.5 Å². The number of rotatable bonds is 3. The third-order valence-corrected chi connectivity index (χ3v) is 3.82. The Balaban J connectivity index is 1.85. The maximum atomic E-state index is 12.5. The van der Waals surface area contributed by atoms with Gasteiger partial charge >= 0.3 is 0 Å². The molecule has 2 aromatic carbocycles. The molecule has 0 N–H and O–H groups in total. The second-order valence-corrected chi connectivity index (χ2v) is 5.34. The highest BCUT2D eigenvalue weighted by molar-refractivity contribution is 6.06. The van der Waals surface area contributed by atoms with Gasteiger partial charge in [-0.2, -0.15) is 0 Å². The van der Waals surface area contributed by atoms with Gasteiger partial charge in [0.1, 0.15) is 0 Å². The van der Waals surface area contributed by atoms with E-state index in [2.05, 4.69) is 0 Å². The van der Waals surface area contributed by atoms with Crippen molar-refractivity contribution in [3.63, 3.8) is 0 Å². The standard InChI is InChI=1S/C19H16O2/c20-18-12-16(14-7-3-1-4-8-14)11-17(13-18)19(21)15-9-5-2-6-10-15/h1-10,12,17H,11,13H2/t17-/m1/s1. The lowest BCUT2D eigenvalue weighted by atomic mass is 9.81. The van der Waals surface area contributed by atoms with Gasteiger partial charge in [-0.3, -0.25) is 9.59 Å². The van der Waals surface area contributed by atoms with Crippen molar-refractivity contribution in [1.29, 1.82) is 0 Å². The molecule has 0 fully saturated rings. The van der Waals surface area contributed by atoms with E-state index in [1.807, 2.05) is 60.7 Å². The monoisotopic (exact) mass is 276 g/mol. The van der Waals surface area contributed by atoms with Gasteiger partial charge in [0.25, 0.3) is 0 Å². The van der Waals surface area contributed by atoms with Crippen LogP contribution in [0.2, 0.25) is 0 Å². The zero-order valence-corrected chi connectivity index (χ0v) is 11.7. The van der Waals surface area contributed by atoms with Crippen molar-refractivity contribution in [1.82, 2.24) is 0 Å². The van der Waals surface area contributed by atoms with Gasteiger partial charge in [0, 0.05) is 17.9 Å². The van der Waals surface area contributed by atoms with Crippen LogP contribution in [0.4, 0.5) is 0 Å². The van der Waals surface area contributed by atoms with E-state index in [9.17, 15) is 9.59 Å². The number of ketones is 2. The van der Waals surface area contributed by atoms with Crippen molar-refractivity contribution in [2.45, 2.75) is 12.8 Å². The van der Waals surface area contributed by atoms with Crippen LogP contribution in [-0.2, 0) is 4.79 Å². The molecule has 1 aliphatic rings. The molecule has 2 aromatic rings. The van der Waals surface area contributed by atoms with Gasteiger partial charge in [-0.15, -0.1) is 0 Å². The Morgan fingerprint density at radius 2 is 1.48 bits per heavy atom. The second-order valence-electron chi connectivity index (χ2n) is 5.34. The number of hydrogen-bond donors (Lipinski definition) is 0. The van der Waals surface area contributed by atoms with Crippen LogP contribution in [0, 0.1) is 5.92 Å². The van der Waals surface area contributed by atoms with E-state index in [1.54, 1.807) is 6.08 Å². The van der Waals surface area contributed by atoms with E-state index in [4.69, 9.17) is 0 Å². The highest BCUT2D eigenvalue weighted by atomic mass is 16.1. The summed E-state index contributed by atoms with van der Waals surface area (Å²) in [6, 6.07) is 19.0. The summed E-state index contributed by atoms with van der Waals surface area (Å²) < 4.78 is 0. The Kier molecular flexibility index (Phi) is 3.78. The van der Waals surface area contributed by atoms with Gasteiger partial charge in [0.15, 0.2) is 11.6 Å². The molecule has 21 heavy (non-hydrogen) atoms. The van der Waals surface area contributed by atoms with Crippen molar-refractivity contribution in [2.24, 2.45) is 5.92 Å². The molecule has 0 heterocycles. The molecule has 0 saturated carbocycles. The third-order valence-electron chi connectivity index (χ3n) is 3.82. The van der Waals surface area contributed by atoms with Gasteiger partial charge in [0.05, 0.1) is 0 Å². The Bertz CT molecular complexity index is 684. The molecular formula is C19H16O2. The van der Waals surface area contributed by atoms with Crippen LogP contribution in [0.5, 0.6) is 0 Å². The third kappa shape index (κ3) is 3.00. The molecule has 0 unspecified atom stereocenters. The van der Waals surface area contributed by atoms with E-state index >= 15 is 0 Å². The number of carbonyl (C=O) groups excluding carboxylic acids is 2. The van der Waals surface area contributed by atoms with Crippen LogP contribution in [0.1, 0.15) is 28.8 Å². The van der Waals surface area contributed by atoms with Crippen LogP contribution in [0.25, 0.3) is 5.57 Å². The summed E-state index contributed by atoms with van der Waals surface area (Å²) in [6.07, 6.45) is 2.62.